The van der Waals surface area contributed by atoms with E-state index in [9.17, 15) is 36.2 Å². The average Bonchev–Trinajstić information content (AvgIpc) is 2.57. The van der Waals surface area contributed by atoms with Crippen LogP contribution in [0.1, 0.15) is 19.4 Å². The van der Waals surface area contributed by atoms with Gasteiger partial charge in [-0.2, -0.15) is 17.6 Å². The summed E-state index contributed by atoms with van der Waals surface area (Å²) in [7, 11) is 0.824. The number of aliphatic hydroxyl groups excluding tert-OH is 1. The molecule has 5 nitrogen and oxygen atoms in total. The van der Waals surface area contributed by atoms with Gasteiger partial charge >= 0.3 is 12.1 Å². The minimum absolute atomic E-state index is 0.211. The Bertz CT molecular complexity index is 773. The average molecular weight is 399 g/mol. The molecule has 1 atom stereocenters. The molecule has 1 rings (SSSR count). The van der Waals surface area contributed by atoms with Gasteiger partial charge in [-0.3, -0.25) is 4.99 Å². The molecule has 0 fully saturated rings. The second kappa shape index (κ2) is 8.78. The van der Waals surface area contributed by atoms with Crippen molar-refractivity contribution < 1.29 is 45.7 Å². The summed E-state index contributed by atoms with van der Waals surface area (Å²) in [6, 6.07) is -2.05. The van der Waals surface area contributed by atoms with Crippen LogP contribution in [-0.2, 0) is 9.53 Å². The van der Waals surface area contributed by atoms with E-state index in [1.165, 1.54) is 6.92 Å². The second-order valence-corrected chi connectivity index (χ2v) is 5.05. The highest BCUT2D eigenvalue weighted by Crippen LogP contribution is 2.31. The Labute approximate surface area is 149 Å². The smallest absolute Gasteiger partial charge is 0.410 e. The minimum atomic E-state index is -4.75. The van der Waals surface area contributed by atoms with Crippen molar-refractivity contribution in [3.63, 3.8) is 0 Å². The van der Waals surface area contributed by atoms with Gasteiger partial charge in [0, 0.05) is 6.21 Å². The van der Waals surface area contributed by atoms with E-state index in [1.54, 1.807) is 0 Å². The van der Waals surface area contributed by atoms with Gasteiger partial charge in [0.1, 0.15) is 17.4 Å². The van der Waals surface area contributed by atoms with E-state index in [0.29, 0.717) is 13.1 Å². The largest absolute Gasteiger partial charge is 0.506 e. The molecule has 0 saturated heterocycles. The SMILES string of the molecule is CCOC(=O)C(C=N[C@H](C)C(F)(F)F)=C(O)c1cc(F)c(F)c(OC)c1F. The number of ether oxygens (including phenoxy) is 2. The highest BCUT2D eigenvalue weighted by Gasteiger charge is 2.35. The van der Waals surface area contributed by atoms with Crippen molar-refractivity contribution in [2.24, 2.45) is 4.99 Å². The summed E-state index contributed by atoms with van der Waals surface area (Å²) in [6.45, 7) is 1.79. The maximum atomic E-state index is 14.3. The molecule has 0 saturated carbocycles. The van der Waals surface area contributed by atoms with Gasteiger partial charge in [0.25, 0.3) is 0 Å². The number of aliphatic hydroxyl groups is 1. The van der Waals surface area contributed by atoms with Crippen molar-refractivity contribution in [2.45, 2.75) is 26.1 Å². The zero-order valence-corrected chi connectivity index (χ0v) is 14.3. The molecule has 0 aliphatic heterocycles. The number of hydrogen-bond donors (Lipinski definition) is 1. The molecule has 0 spiro atoms. The quantitative estimate of drug-likeness (QED) is 0.196. The lowest BCUT2D eigenvalue weighted by Crippen LogP contribution is -2.24. The third kappa shape index (κ3) is 5.14. The molecule has 1 aromatic rings. The summed E-state index contributed by atoms with van der Waals surface area (Å²) in [5.74, 6) is -8.74. The van der Waals surface area contributed by atoms with E-state index >= 15 is 0 Å². The highest BCUT2D eigenvalue weighted by atomic mass is 19.4. The molecule has 0 radical (unpaired) electrons. The standard InChI is InChI=1S/C16H15F6NO4/c1-4-27-15(25)9(6-23-7(2)16(20,21)22)13(24)8-5-10(17)12(19)14(26-3)11(8)18/h5-7,24H,4H2,1-3H3/t7-/m1/s1. The summed E-state index contributed by atoms with van der Waals surface area (Å²) in [5.41, 5.74) is -2.01. The number of halogens is 6. The maximum Gasteiger partial charge on any atom is 0.410 e. The van der Waals surface area contributed by atoms with Crippen LogP contribution < -0.4 is 4.74 Å². The van der Waals surface area contributed by atoms with Gasteiger partial charge in [-0.05, 0) is 19.9 Å². The van der Waals surface area contributed by atoms with Crippen molar-refractivity contribution in [3.05, 3.63) is 34.7 Å². The summed E-state index contributed by atoms with van der Waals surface area (Å²) in [4.78, 5) is 15.0. The van der Waals surface area contributed by atoms with Crippen molar-refractivity contribution in [1.29, 1.82) is 0 Å². The van der Waals surface area contributed by atoms with Crippen LogP contribution in [-0.4, -0.2) is 43.2 Å². The topological polar surface area (TPSA) is 68.1 Å². The number of esters is 1. The van der Waals surface area contributed by atoms with Crippen LogP contribution in [0.25, 0.3) is 5.76 Å². The van der Waals surface area contributed by atoms with E-state index in [1.807, 2.05) is 0 Å². The molecule has 0 bridgehead atoms. The number of aliphatic imine (C=N–C) groups is 1. The van der Waals surface area contributed by atoms with Gasteiger partial charge in [0.2, 0.25) is 5.82 Å². The van der Waals surface area contributed by atoms with E-state index in [-0.39, 0.29) is 12.7 Å². The molecule has 11 heteroatoms. The molecule has 0 heterocycles. The van der Waals surface area contributed by atoms with Crippen LogP contribution in [0.2, 0.25) is 0 Å². The Kier molecular flexibility index (Phi) is 7.26. The lowest BCUT2D eigenvalue weighted by molar-refractivity contribution is -0.143. The van der Waals surface area contributed by atoms with E-state index < -0.39 is 58.3 Å². The van der Waals surface area contributed by atoms with Gasteiger partial charge in [-0.15, -0.1) is 0 Å². The summed E-state index contributed by atoms with van der Waals surface area (Å²) >= 11 is 0. The Balaban J connectivity index is 3.60. The summed E-state index contributed by atoms with van der Waals surface area (Å²) < 4.78 is 87.9. The molecule has 0 aromatic heterocycles. The first-order chi connectivity index (χ1) is 12.4. The van der Waals surface area contributed by atoms with Crippen molar-refractivity contribution in [2.75, 3.05) is 13.7 Å². The fraction of sp³-hybridized carbons (Fsp3) is 0.375. The number of nitrogens with zero attached hydrogens (tertiary/aromatic N) is 1. The molecule has 0 aliphatic carbocycles. The van der Waals surface area contributed by atoms with Crippen LogP contribution in [0.5, 0.6) is 5.75 Å². The van der Waals surface area contributed by atoms with Gasteiger partial charge in [0.05, 0.1) is 19.3 Å². The van der Waals surface area contributed by atoms with E-state index in [2.05, 4.69) is 14.5 Å². The molecule has 1 N–H and O–H groups in total. The molecule has 0 unspecified atom stereocenters. The van der Waals surface area contributed by atoms with Crippen molar-refractivity contribution >= 4 is 17.9 Å². The number of carbonyl (C=O) groups is 1. The Hall–Kier alpha value is -2.72. The molecular formula is C16H15F6NO4. The molecule has 150 valence electrons. The van der Waals surface area contributed by atoms with E-state index in [4.69, 9.17) is 0 Å². The highest BCUT2D eigenvalue weighted by molar-refractivity contribution is 6.15. The number of rotatable bonds is 6. The molecule has 0 amide bonds. The molecular weight excluding hydrogens is 384 g/mol. The first-order valence-corrected chi connectivity index (χ1v) is 7.37. The number of hydrogen-bond acceptors (Lipinski definition) is 5. The fourth-order valence-electron chi connectivity index (χ4n) is 1.77. The molecule has 1 aromatic carbocycles. The lowest BCUT2D eigenvalue weighted by atomic mass is 10.1. The minimum Gasteiger partial charge on any atom is -0.506 e. The molecule has 27 heavy (non-hydrogen) atoms. The van der Waals surface area contributed by atoms with Crippen LogP contribution in [0.3, 0.4) is 0 Å². The molecule has 0 aliphatic rings. The first-order valence-electron chi connectivity index (χ1n) is 7.37. The summed E-state index contributed by atoms with van der Waals surface area (Å²) in [6.07, 6.45) is -4.43. The van der Waals surface area contributed by atoms with Crippen LogP contribution in [0, 0.1) is 17.5 Å². The Morgan fingerprint density at radius 1 is 1.30 bits per heavy atom. The van der Waals surface area contributed by atoms with Gasteiger partial charge in [-0.25, -0.2) is 13.6 Å². The number of benzene rings is 1. The van der Waals surface area contributed by atoms with Gasteiger partial charge < -0.3 is 14.6 Å². The second-order valence-electron chi connectivity index (χ2n) is 5.05. The van der Waals surface area contributed by atoms with Crippen LogP contribution in [0.15, 0.2) is 16.6 Å². The Morgan fingerprint density at radius 3 is 2.37 bits per heavy atom. The normalized spacial score (nSPS) is 14.1. The zero-order valence-electron chi connectivity index (χ0n) is 14.3. The number of methoxy groups -OCH3 is 1. The van der Waals surface area contributed by atoms with Crippen molar-refractivity contribution in [1.82, 2.24) is 0 Å². The van der Waals surface area contributed by atoms with Crippen LogP contribution >= 0.6 is 0 Å². The van der Waals surface area contributed by atoms with Crippen molar-refractivity contribution in [3.8, 4) is 5.75 Å². The van der Waals surface area contributed by atoms with Gasteiger partial charge in [-0.1, -0.05) is 0 Å². The van der Waals surface area contributed by atoms with Gasteiger partial charge in [0.15, 0.2) is 17.4 Å². The Morgan fingerprint density at radius 2 is 1.89 bits per heavy atom. The predicted molar refractivity (Wildman–Crippen MR) is 83.1 cm³/mol. The zero-order chi connectivity index (χ0) is 20.9. The third-order valence-electron chi connectivity index (χ3n) is 3.23. The van der Waals surface area contributed by atoms with Crippen LogP contribution in [0.4, 0.5) is 26.3 Å². The lowest BCUT2D eigenvalue weighted by Gasteiger charge is -2.13. The predicted octanol–water partition coefficient (Wildman–Crippen LogP) is 3.97. The third-order valence-corrected chi connectivity index (χ3v) is 3.23. The number of carbonyl (C=O) groups excluding carboxylic acids is 1. The monoisotopic (exact) mass is 399 g/mol. The summed E-state index contributed by atoms with van der Waals surface area (Å²) in [5, 5.41) is 10.1. The number of alkyl halides is 3. The fourth-order valence-corrected chi connectivity index (χ4v) is 1.77. The maximum absolute atomic E-state index is 14.3. The van der Waals surface area contributed by atoms with E-state index in [0.717, 1.165) is 7.11 Å². The first kappa shape index (κ1) is 22.3.